The molecular formula is C40H36N8Ni. The smallest absolute Gasteiger partial charge is 0.366 e. The molecule has 9 heteroatoms. The van der Waals surface area contributed by atoms with Crippen molar-refractivity contribution in [2.75, 3.05) is 0 Å². The molecule has 49 heavy (non-hydrogen) atoms. The van der Waals surface area contributed by atoms with Crippen LogP contribution in [0, 0.1) is 0 Å². The molecule has 5 heterocycles. The molecule has 0 saturated carbocycles. The van der Waals surface area contributed by atoms with Crippen LogP contribution in [0.25, 0.3) is 66.4 Å². The quantitative estimate of drug-likeness (QED) is 0.147. The molecule has 0 aliphatic carbocycles. The fraction of sp³-hybridized carbons (Fsp3) is 0.300. The van der Waals surface area contributed by atoms with E-state index in [2.05, 4.69) is 128 Å². The van der Waals surface area contributed by atoms with Crippen LogP contribution >= 0.6 is 0 Å². The molecule has 246 valence electrons. The maximum absolute atomic E-state index is 5.27. The molecule has 6 aromatic rings. The topological polar surface area (TPSA) is 106 Å². The summed E-state index contributed by atoms with van der Waals surface area (Å²) < 4.78 is 0. The Morgan fingerprint density at radius 3 is 1.76 bits per heavy atom. The van der Waals surface area contributed by atoms with Gasteiger partial charge in [-0.2, -0.15) is 0 Å². The molecule has 8 bridgehead atoms. The molecule has 0 unspecified atom stereocenters. The molecule has 3 aliphatic rings. The van der Waals surface area contributed by atoms with Crippen molar-refractivity contribution in [2.45, 2.75) is 77.0 Å². The number of fused-ring (bicyclic) bond motifs is 18. The van der Waals surface area contributed by atoms with Gasteiger partial charge in [0.2, 0.25) is 0 Å². The van der Waals surface area contributed by atoms with Crippen molar-refractivity contribution in [3.63, 3.8) is 0 Å². The summed E-state index contributed by atoms with van der Waals surface area (Å²) in [5, 5.41) is 6.23. The van der Waals surface area contributed by atoms with Crippen LogP contribution in [0.2, 0.25) is 0 Å². The van der Waals surface area contributed by atoms with Crippen molar-refractivity contribution in [2.24, 2.45) is 0 Å². The van der Waals surface area contributed by atoms with Crippen LogP contribution in [0.15, 0.2) is 72.8 Å². The molecule has 2 aromatic heterocycles. The Bertz CT molecular complexity index is 2590. The van der Waals surface area contributed by atoms with Crippen LogP contribution < -0.4 is 9.97 Å². The zero-order valence-electron chi connectivity index (χ0n) is 28.8. The molecule has 8 nitrogen and oxygen atoms in total. The van der Waals surface area contributed by atoms with Gasteiger partial charge in [0.05, 0.1) is 23.3 Å². The molecule has 9 rings (SSSR count). The van der Waals surface area contributed by atoms with E-state index in [0.717, 1.165) is 43.4 Å². The Hall–Kier alpha value is -4.75. The molecular weight excluding hydrogens is 651 g/mol. The summed E-state index contributed by atoms with van der Waals surface area (Å²) in [5.41, 5.74) is 1.28. The minimum atomic E-state index is -0.443. The second kappa shape index (κ2) is 10.1. The first-order chi connectivity index (χ1) is 22.8. The fourth-order valence-electron chi connectivity index (χ4n) is 7.10. The van der Waals surface area contributed by atoms with Crippen molar-refractivity contribution in [3.05, 3.63) is 96.1 Å². The van der Waals surface area contributed by atoms with Crippen LogP contribution in [0.5, 0.6) is 0 Å². The van der Waals surface area contributed by atoms with Crippen LogP contribution in [-0.2, 0) is 38.2 Å². The Kier molecular flexibility index (Phi) is 6.52. The minimum absolute atomic E-state index is 0. The van der Waals surface area contributed by atoms with Gasteiger partial charge in [-0.3, -0.25) is 4.98 Å². The van der Waals surface area contributed by atoms with Gasteiger partial charge in [0.15, 0.2) is 0 Å². The Balaban J connectivity index is 0.00000348. The molecule has 0 spiro atoms. The van der Waals surface area contributed by atoms with Crippen molar-refractivity contribution in [3.8, 4) is 22.8 Å². The second-order valence-corrected chi connectivity index (χ2v) is 15.4. The zero-order valence-corrected chi connectivity index (χ0v) is 29.8. The third-order valence-electron chi connectivity index (χ3n) is 11.8. The number of rotatable bonds is 0. The number of benzene rings is 4. The van der Waals surface area contributed by atoms with Crippen LogP contribution in [0.4, 0.5) is 0 Å². The fourth-order valence-corrected chi connectivity index (χ4v) is 7.10. The molecule has 0 fully saturated rings. The predicted molar refractivity (Wildman–Crippen MR) is 190 cm³/mol. The first-order valence-corrected chi connectivity index (χ1v) is 16.6. The van der Waals surface area contributed by atoms with Gasteiger partial charge in [-0.15, -0.1) is 0 Å². The average molecular weight is 687 g/mol. The molecule has 4 aromatic carbocycles. The van der Waals surface area contributed by atoms with E-state index in [0.29, 0.717) is 46.2 Å². The molecule has 0 radical (unpaired) electrons. The number of hydrogen-bond donors (Lipinski definition) is 0. The van der Waals surface area contributed by atoms with Gasteiger partial charge in [0, 0.05) is 49.5 Å². The summed E-state index contributed by atoms with van der Waals surface area (Å²) in [7, 11) is 0. The summed E-state index contributed by atoms with van der Waals surface area (Å²) >= 11 is 0. The van der Waals surface area contributed by atoms with Gasteiger partial charge in [-0.05, 0) is 38.6 Å². The summed E-state index contributed by atoms with van der Waals surface area (Å²) in [5.74, 6) is 3.95. The minimum Gasteiger partial charge on any atom is -0.366 e. The maximum Gasteiger partial charge on any atom is 2.00 e. The normalized spacial score (nSPS) is 17.5. The van der Waals surface area contributed by atoms with E-state index in [1.165, 1.54) is 0 Å². The van der Waals surface area contributed by atoms with Gasteiger partial charge < -0.3 is 29.9 Å². The van der Waals surface area contributed by atoms with Crippen molar-refractivity contribution in [1.29, 1.82) is 0 Å². The van der Waals surface area contributed by atoms with E-state index in [1.807, 2.05) is 0 Å². The van der Waals surface area contributed by atoms with Crippen molar-refractivity contribution >= 4 is 43.6 Å². The molecule has 0 atom stereocenters. The maximum atomic E-state index is 5.27. The van der Waals surface area contributed by atoms with Crippen LogP contribution in [-0.4, -0.2) is 29.9 Å². The van der Waals surface area contributed by atoms with Gasteiger partial charge in [0.25, 0.3) is 0 Å². The van der Waals surface area contributed by atoms with E-state index in [1.54, 1.807) is 0 Å². The summed E-state index contributed by atoms with van der Waals surface area (Å²) in [4.78, 5) is 41.6. The number of aromatic nitrogens is 8. The standard InChI is InChI=1S/C40H36N8.Ni/c1-37(2)33-44-31-27-23-15-11-9-13-21(23)17-19-25(27)29(42-31)41-30-26-20-18-22-14-10-12-16-24(22)28(26)32(43-30)45-34-38(3,4)40(7,8)36(47-34)48-35(46-33)39(37,5)6;/h9-20H,1-8H3;/q-2;+2. The number of nitrogens with zero attached hydrogens (tertiary/aromatic N) is 8. The third-order valence-corrected chi connectivity index (χ3v) is 11.8. The summed E-state index contributed by atoms with van der Waals surface area (Å²) in [6.45, 7) is 17.5. The zero-order chi connectivity index (χ0) is 33.4. The van der Waals surface area contributed by atoms with Crippen molar-refractivity contribution in [1.82, 2.24) is 39.9 Å². The van der Waals surface area contributed by atoms with Gasteiger partial charge in [-0.25, -0.2) is 4.98 Å². The molecule has 0 saturated heterocycles. The third kappa shape index (κ3) is 4.15. The SMILES string of the molecule is CC1(C)c2nc(nc3[n-]c(nc4nc(nc5[n-]c(n2)C(C)(C)C5(C)C)-c2c-4ccc4ccccc24)c2ccc4ccccc4c32)C1(C)C.[Ni+2]. The largest absolute Gasteiger partial charge is 2.00 e. The predicted octanol–water partition coefficient (Wildman–Crippen LogP) is 8.18. The second-order valence-electron chi connectivity index (χ2n) is 15.4. The van der Waals surface area contributed by atoms with E-state index < -0.39 is 21.7 Å². The Morgan fingerprint density at radius 2 is 1.04 bits per heavy atom. The Labute approximate surface area is 294 Å². The molecule has 0 N–H and O–H groups in total. The van der Waals surface area contributed by atoms with E-state index in [4.69, 9.17) is 39.9 Å². The Morgan fingerprint density at radius 1 is 0.449 bits per heavy atom. The van der Waals surface area contributed by atoms with E-state index in [9.17, 15) is 0 Å². The first kappa shape index (κ1) is 31.5. The van der Waals surface area contributed by atoms with Gasteiger partial charge >= 0.3 is 16.5 Å². The van der Waals surface area contributed by atoms with Crippen molar-refractivity contribution < 1.29 is 16.5 Å². The summed E-state index contributed by atoms with van der Waals surface area (Å²) in [6, 6.07) is 25.1. The van der Waals surface area contributed by atoms with E-state index in [-0.39, 0.29) is 16.5 Å². The monoisotopic (exact) mass is 686 g/mol. The molecule has 0 amide bonds. The van der Waals surface area contributed by atoms with Gasteiger partial charge in [-0.1, -0.05) is 128 Å². The van der Waals surface area contributed by atoms with Crippen LogP contribution in [0.3, 0.4) is 0 Å². The molecule has 3 aliphatic heterocycles. The number of hydrogen-bond acceptors (Lipinski definition) is 6. The van der Waals surface area contributed by atoms with Gasteiger partial charge in [0.1, 0.15) is 0 Å². The van der Waals surface area contributed by atoms with E-state index >= 15 is 0 Å². The summed E-state index contributed by atoms with van der Waals surface area (Å²) in [6.07, 6.45) is 0. The average Bonchev–Trinajstić information content (AvgIpc) is 3.68. The first-order valence-electron chi connectivity index (χ1n) is 16.6. The van der Waals surface area contributed by atoms with Crippen LogP contribution in [0.1, 0.15) is 78.7 Å².